The molecular formula is C36H38ClN7O3S. The highest BCUT2D eigenvalue weighted by Gasteiger charge is 2.49. The van der Waals surface area contributed by atoms with Gasteiger partial charge >= 0.3 is 6.09 Å². The van der Waals surface area contributed by atoms with Crippen molar-refractivity contribution >= 4 is 46.6 Å². The zero-order valence-corrected chi connectivity index (χ0v) is 28.7. The van der Waals surface area contributed by atoms with Gasteiger partial charge in [-0.25, -0.2) is 19.7 Å². The molecule has 2 aliphatic rings. The van der Waals surface area contributed by atoms with Gasteiger partial charge in [-0.3, -0.25) is 0 Å². The molecule has 1 atom stereocenters. The molecule has 48 heavy (non-hydrogen) atoms. The molecule has 4 N–H and O–H groups in total. The fraction of sp³-hybridized carbons (Fsp3) is 0.333. The van der Waals surface area contributed by atoms with Crippen LogP contribution in [0.1, 0.15) is 56.5 Å². The summed E-state index contributed by atoms with van der Waals surface area (Å²) in [5.74, 6) is 0.673. The van der Waals surface area contributed by atoms with E-state index < -0.39 is 11.7 Å². The van der Waals surface area contributed by atoms with Gasteiger partial charge in [0, 0.05) is 47.0 Å². The van der Waals surface area contributed by atoms with Crippen molar-refractivity contribution in [2.75, 3.05) is 23.7 Å². The molecule has 1 spiro atoms. The van der Waals surface area contributed by atoms with Crippen molar-refractivity contribution in [1.29, 1.82) is 0 Å². The zero-order valence-electron chi connectivity index (χ0n) is 27.1. The first-order chi connectivity index (χ1) is 23.0. The topological polar surface area (TPSA) is 131 Å². The van der Waals surface area contributed by atoms with Crippen LogP contribution >= 0.6 is 23.4 Å². The van der Waals surface area contributed by atoms with Gasteiger partial charge in [0.25, 0.3) is 0 Å². The third kappa shape index (κ3) is 6.29. The number of nitrogens with zero attached hydrogens (tertiary/aromatic N) is 5. The molecule has 1 fully saturated rings. The number of aliphatic hydroxyl groups excluding tert-OH is 1. The number of rotatable bonds is 6. The summed E-state index contributed by atoms with van der Waals surface area (Å²) in [6.45, 7) is 6.81. The Morgan fingerprint density at radius 2 is 1.88 bits per heavy atom. The number of piperidine rings is 1. The predicted octanol–water partition coefficient (Wildman–Crippen LogP) is 7.08. The van der Waals surface area contributed by atoms with Crippen molar-refractivity contribution in [2.24, 2.45) is 5.41 Å². The molecule has 5 aromatic rings. The Hall–Kier alpha value is -4.32. The number of nitrogen functional groups attached to an aromatic ring is 1. The fourth-order valence-electron chi connectivity index (χ4n) is 6.88. The molecule has 1 saturated heterocycles. The van der Waals surface area contributed by atoms with E-state index in [-0.39, 0.29) is 18.1 Å². The lowest BCUT2D eigenvalue weighted by molar-refractivity contribution is 0.0428. The van der Waals surface area contributed by atoms with E-state index in [1.165, 1.54) is 17.3 Å². The van der Waals surface area contributed by atoms with E-state index in [9.17, 15) is 9.90 Å². The first-order valence-corrected chi connectivity index (χ1v) is 17.2. The Morgan fingerprint density at radius 3 is 2.60 bits per heavy atom. The number of benzene rings is 2. The molecule has 4 heterocycles. The number of aliphatic hydroxyl groups is 1. The van der Waals surface area contributed by atoms with E-state index in [1.807, 2.05) is 74.0 Å². The second kappa shape index (κ2) is 12.6. The standard InChI is InChI=1S/C36H38ClN7O3S/c1-35(2,3)47-34(46)42-31-25-7-5-4-6-23(25)18-36(31)13-16-43(17-14-36)32-27(21-45)40-29(19-39-32)48-28-12-15-44-20-26(41-33(44)30(28)37)22-8-10-24(38)11-9-22/h4-12,15,19-20,31,45H,13-14,16-18,21,38H2,1-3H3,(H,42,46)/t31-/m1/s1. The number of anilines is 2. The number of hydrogen-bond donors (Lipinski definition) is 3. The van der Waals surface area contributed by atoms with Crippen LogP contribution in [0.25, 0.3) is 16.9 Å². The molecule has 1 aliphatic heterocycles. The van der Waals surface area contributed by atoms with E-state index in [0.717, 1.165) is 41.0 Å². The second-order valence-electron chi connectivity index (χ2n) is 13.5. The lowest BCUT2D eigenvalue weighted by atomic mass is 9.72. The van der Waals surface area contributed by atoms with Gasteiger partial charge in [0.05, 0.1) is 29.6 Å². The molecule has 7 rings (SSSR count). The van der Waals surface area contributed by atoms with Crippen molar-refractivity contribution in [3.63, 3.8) is 0 Å². The van der Waals surface area contributed by atoms with Gasteiger partial charge in [-0.1, -0.05) is 59.8 Å². The number of amides is 1. The van der Waals surface area contributed by atoms with Crippen LogP contribution in [-0.2, 0) is 17.8 Å². The normalized spacial score (nSPS) is 17.1. The highest BCUT2D eigenvalue weighted by Crippen LogP contribution is 2.52. The van der Waals surface area contributed by atoms with E-state index in [0.29, 0.717) is 46.0 Å². The number of hydrogen-bond acceptors (Lipinski definition) is 9. The van der Waals surface area contributed by atoms with Gasteiger partial charge in [0.1, 0.15) is 16.3 Å². The third-order valence-electron chi connectivity index (χ3n) is 9.14. The summed E-state index contributed by atoms with van der Waals surface area (Å²) < 4.78 is 7.54. The van der Waals surface area contributed by atoms with Crippen molar-refractivity contribution < 1.29 is 14.6 Å². The van der Waals surface area contributed by atoms with E-state index >= 15 is 0 Å². The lowest BCUT2D eigenvalue weighted by Gasteiger charge is -2.44. The quantitative estimate of drug-likeness (QED) is 0.161. The van der Waals surface area contributed by atoms with Crippen LogP contribution in [0.4, 0.5) is 16.3 Å². The van der Waals surface area contributed by atoms with E-state index in [4.69, 9.17) is 37.0 Å². The number of pyridine rings is 1. The predicted molar refractivity (Wildman–Crippen MR) is 188 cm³/mol. The fourth-order valence-corrected chi connectivity index (χ4v) is 8.00. The first-order valence-electron chi connectivity index (χ1n) is 16.0. The van der Waals surface area contributed by atoms with Gasteiger partial charge in [-0.15, -0.1) is 0 Å². The smallest absolute Gasteiger partial charge is 0.408 e. The molecule has 2 aromatic carbocycles. The molecule has 3 aromatic heterocycles. The SMILES string of the molecule is CC(C)(C)OC(=O)N[C@@H]1c2ccccc2CC12CCN(c1ncc(Sc3ccn4cc(-c5ccc(N)cc5)nc4c3Cl)nc1CO)CC2. The van der Waals surface area contributed by atoms with Crippen LogP contribution in [0.3, 0.4) is 0 Å². The number of aromatic nitrogens is 4. The number of nitrogens with two attached hydrogens (primary N) is 1. The molecule has 248 valence electrons. The molecular weight excluding hydrogens is 646 g/mol. The Labute approximate surface area is 288 Å². The summed E-state index contributed by atoms with van der Waals surface area (Å²) >= 11 is 8.23. The number of halogens is 1. The van der Waals surface area contributed by atoms with Gasteiger partial charge in [-0.2, -0.15) is 0 Å². The molecule has 0 bridgehead atoms. The average molecular weight is 684 g/mol. The summed E-state index contributed by atoms with van der Waals surface area (Å²) in [6.07, 6.45) is 7.74. The maximum Gasteiger partial charge on any atom is 0.408 e. The maximum atomic E-state index is 12.9. The van der Waals surface area contributed by atoms with Crippen molar-refractivity contribution in [1.82, 2.24) is 24.7 Å². The van der Waals surface area contributed by atoms with Crippen molar-refractivity contribution in [3.8, 4) is 11.3 Å². The molecule has 0 unspecified atom stereocenters. The Kier molecular flexibility index (Phi) is 8.47. The Balaban J connectivity index is 1.08. The van der Waals surface area contributed by atoms with E-state index in [2.05, 4.69) is 28.4 Å². The van der Waals surface area contributed by atoms with Crippen LogP contribution in [0.15, 0.2) is 83.1 Å². The van der Waals surface area contributed by atoms with Crippen molar-refractivity contribution in [3.05, 3.63) is 95.0 Å². The highest BCUT2D eigenvalue weighted by molar-refractivity contribution is 7.99. The molecule has 1 amide bonds. The molecule has 0 saturated carbocycles. The minimum Gasteiger partial charge on any atom is -0.444 e. The van der Waals surface area contributed by atoms with Gasteiger partial charge in [0.15, 0.2) is 11.5 Å². The molecule has 0 radical (unpaired) electrons. The van der Waals surface area contributed by atoms with Crippen LogP contribution in [0.5, 0.6) is 0 Å². The average Bonchev–Trinajstić information content (AvgIpc) is 3.62. The molecule has 10 nitrogen and oxygen atoms in total. The summed E-state index contributed by atoms with van der Waals surface area (Å²) in [4.78, 5) is 30.3. The zero-order chi connectivity index (χ0) is 33.6. The summed E-state index contributed by atoms with van der Waals surface area (Å²) in [7, 11) is 0. The van der Waals surface area contributed by atoms with Crippen LogP contribution in [-0.4, -0.2) is 49.2 Å². The summed E-state index contributed by atoms with van der Waals surface area (Å²) in [5, 5.41) is 14.7. The Morgan fingerprint density at radius 1 is 1.12 bits per heavy atom. The lowest BCUT2D eigenvalue weighted by Crippen LogP contribution is -2.48. The Bertz CT molecular complexity index is 1980. The summed E-state index contributed by atoms with van der Waals surface area (Å²) in [5.41, 5.74) is 11.1. The van der Waals surface area contributed by atoms with Crippen LogP contribution in [0, 0.1) is 5.41 Å². The van der Waals surface area contributed by atoms with Crippen LogP contribution in [0.2, 0.25) is 5.02 Å². The largest absolute Gasteiger partial charge is 0.444 e. The number of fused-ring (bicyclic) bond motifs is 2. The number of ether oxygens (including phenoxy) is 1. The maximum absolute atomic E-state index is 12.9. The second-order valence-corrected chi connectivity index (χ2v) is 15.0. The summed E-state index contributed by atoms with van der Waals surface area (Å²) in [6, 6.07) is 17.7. The third-order valence-corrected chi connectivity index (χ3v) is 10.6. The van der Waals surface area contributed by atoms with E-state index in [1.54, 1.807) is 6.20 Å². The number of alkyl carbamates (subject to hydrolysis) is 1. The van der Waals surface area contributed by atoms with Crippen molar-refractivity contribution in [2.45, 2.75) is 68.2 Å². The highest BCUT2D eigenvalue weighted by atomic mass is 35.5. The van der Waals surface area contributed by atoms with Gasteiger partial charge in [0.2, 0.25) is 0 Å². The molecule has 12 heteroatoms. The van der Waals surface area contributed by atoms with Gasteiger partial charge in [-0.05, 0) is 69.4 Å². The number of nitrogens with one attached hydrogen (secondary N) is 1. The number of imidazole rings is 1. The van der Waals surface area contributed by atoms with Crippen LogP contribution < -0.4 is 16.0 Å². The van der Waals surface area contributed by atoms with Gasteiger partial charge < -0.3 is 30.2 Å². The molecule has 1 aliphatic carbocycles. The first kappa shape index (κ1) is 32.2. The number of carbonyl (C=O) groups excluding carboxylic acids is 1. The minimum absolute atomic E-state index is 0.143. The number of carbonyl (C=O) groups is 1. The minimum atomic E-state index is -0.582. The monoisotopic (exact) mass is 683 g/mol.